The van der Waals surface area contributed by atoms with Crippen molar-refractivity contribution in [2.45, 2.75) is 20.8 Å². The number of hydrogen-bond donors (Lipinski definition) is 2. The molecule has 17 heavy (non-hydrogen) atoms. The lowest BCUT2D eigenvalue weighted by atomic mass is 9.75. The second-order valence-corrected chi connectivity index (χ2v) is 3.36. The van der Waals surface area contributed by atoms with Gasteiger partial charge in [-0.15, -0.1) is 0 Å². The Hall–Kier alpha value is -1.40. The SMILES string of the molecule is C=C(F)/C(=C\C(B(O)O)=C(/C)C(C)=O)OCC. The van der Waals surface area contributed by atoms with Gasteiger partial charge in [0, 0.05) is 0 Å². The van der Waals surface area contributed by atoms with Gasteiger partial charge in [0.25, 0.3) is 0 Å². The van der Waals surface area contributed by atoms with Crippen LogP contribution in [0.4, 0.5) is 4.39 Å². The zero-order valence-electron chi connectivity index (χ0n) is 10.2. The molecule has 0 aliphatic carbocycles. The first-order valence-electron chi connectivity index (χ1n) is 5.08. The van der Waals surface area contributed by atoms with Crippen LogP contribution in [0.25, 0.3) is 0 Å². The summed E-state index contributed by atoms with van der Waals surface area (Å²) in [5, 5.41) is 18.2. The summed E-state index contributed by atoms with van der Waals surface area (Å²) in [4.78, 5) is 11.1. The van der Waals surface area contributed by atoms with Crippen molar-refractivity contribution in [3.05, 3.63) is 35.3 Å². The summed E-state index contributed by atoms with van der Waals surface area (Å²) in [6.45, 7) is 7.59. The molecule has 0 rings (SSSR count). The highest BCUT2D eigenvalue weighted by Gasteiger charge is 2.19. The number of hydrogen-bond acceptors (Lipinski definition) is 4. The lowest BCUT2D eigenvalue weighted by molar-refractivity contribution is -0.113. The van der Waals surface area contributed by atoms with E-state index in [9.17, 15) is 9.18 Å². The van der Waals surface area contributed by atoms with E-state index in [1.54, 1.807) is 6.92 Å². The second-order valence-electron chi connectivity index (χ2n) is 3.36. The molecule has 0 aromatic carbocycles. The van der Waals surface area contributed by atoms with Crippen LogP contribution >= 0.6 is 0 Å². The molecule has 0 atom stereocenters. The number of rotatable bonds is 6. The lowest BCUT2D eigenvalue weighted by Crippen LogP contribution is -2.18. The van der Waals surface area contributed by atoms with E-state index >= 15 is 0 Å². The number of halogens is 1. The van der Waals surface area contributed by atoms with E-state index in [-0.39, 0.29) is 29.2 Å². The van der Waals surface area contributed by atoms with Crippen molar-refractivity contribution < 1.29 is 24.0 Å². The van der Waals surface area contributed by atoms with Gasteiger partial charge in [0.15, 0.2) is 17.4 Å². The smallest absolute Gasteiger partial charge is 0.488 e. The molecule has 0 unspecified atom stereocenters. The second kappa shape index (κ2) is 7.03. The molecular formula is C11H16BFO4. The molecule has 0 amide bonds. The van der Waals surface area contributed by atoms with Gasteiger partial charge in [-0.05, 0) is 37.9 Å². The fourth-order valence-corrected chi connectivity index (χ4v) is 1.07. The fraction of sp³-hybridized carbons (Fsp3) is 0.364. The quantitative estimate of drug-likeness (QED) is 0.319. The Morgan fingerprint density at radius 1 is 1.47 bits per heavy atom. The van der Waals surface area contributed by atoms with Crippen molar-refractivity contribution in [2.75, 3.05) is 6.61 Å². The van der Waals surface area contributed by atoms with E-state index in [0.717, 1.165) is 6.08 Å². The Bertz CT molecular complexity index is 372. The van der Waals surface area contributed by atoms with Crippen LogP contribution in [-0.2, 0) is 9.53 Å². The third-order valence-corrected chi connectivity index (χ3v) is 2.09. The van der Waals surface area contributed by atoms with Crippen molar-refractivity contribution in [3.63, 3.8) is 0 Å². The van der Waals surface area contributed by atoms with E-state index in [0.29, 0.717) is 0 Å². The molecule has 0 heterocycles. The van der Waals surface area contributed by atoms with Crippen LogP contribution in [0.1, 0.15) is 20.8 Å². The first-order valence-corrected chi connectivity index (χ1v) is 5.08. The maximum absolute atomic E-state index is 13.0. The highest BCUT2D eigenvalue weighted by Crippen LogP contribution is 2.17. The molecular weight excluding hydrogens is 226 g/mol. The standard InChI is InChI=1S/C11H16BFO4/c1-5-17-11(8(3)13)6-10(12(15)16)7(2)9(4)14/h6,15-16H,3,5H2,1-2,4H3/b10-7-,11-6+. The van der Waals surface area contributed by atoms with Crippen LogP contribution in [0.5, 0.6) is 0 Å². The first kappa shape index (κ1) is 15.6. The van der Waals surface area contributed by atoms with Gasteiger partial charge in [-0.2, -0.15) is 0 Å². The van der Waals surface area contributed by atoms with Gasteiger partial charge in [-0.1, -0.05) is 6.58 Å². The summed E-state index contributed by atoms with van der Waals surface area (Å²) < 4.78 is 17.9. The minimum atomic E-state index is -1.88. The summed E-state index contributed by atoms with van der Waals surface area (Å²) >= 11 is 0. The predicted octanol–water partition coefficient (Wildman–Crippen LogP) is 1.31. The third kappa shape index (κ3) is 4.97. The van der Waals surface area contributed by atoms with Gasteiger partial charge in [0.1, 0.15) is 0 Å². The van der Waals surface area contributed by atoms with Crippen molar-refractivity contribution in [2.24, 2.45) is 0 Å². The number of carbonyl (C=O) groups excluding carboxylic acids is 1. The minimum Gasteiger partial charge on any atom is -0.491 e. The van der Waals surface area contributed by atoms with Crippen molar-refractivity contribution in [1.29, 1.82) is 0 Å². The first-order chi connectivity index (χ1) is 7.81. The molecule has 0 aromatic heterocycles. The Labute approximate surface area is 100 Å². The van der Waals surface area contributed by atoms with Gasteiger partial charge in [-0.3, -0.25) is 4.79 Å². The summed E-state index contributed by atoms with van der Waals surface area (Å²) in [6.07, 6.45) is 1.06. The van der Waals surface area contributed by atoms with Crippen LogP contribution in [0.2, 0.25) is 0 Å². The Balaban J connectivity index is 5.50. The maximum Gasteiger partial charge on any atom is 0.488 e. The molecule has 4 nitrogen and oxygen atoms in total. The molecule has 0 spiro atoms. The third-order valence-electron chi connectivity index (χ3n) is 2.09. The van der Waals surface area contributed by atoms with Crippen molar-refractivity contribution in [1.82, 2.24) is 0 Å². The van der Waals surface area contributed by atoms with E-state index in [2.05, 4.69) is 6.58 Å². The fourth-order valence-electron chi connectivity index (χ4n) is 1.07. The molecule has 0 bridgehead atoms. The zero-order chi connectivity index (χ0) is 13.6. The molecule has 6 heteroatoms. The molecule has 0 fully saturated rings. The highest BCUT2D eigenvalue weighted by atomic mass is 19.1. The summed E-state index contributed by atoms with van der Waals surface area (Å²) in [7, 11) is -1.88. The Kier molecular flexibility index (Phi) is 6.46. The molecule has 0 saturated carbocycles. The van der Waals surface area contributed by atoms with E-state index in [1.807, 2.05) is 0 Å². The largest absolute Gasteiger partial charge is 0.491 e. The lowest BCUT2D eigenvalue weighted by Gasteiger charge is -2.09. The van der Waals surface area contributed by atoms with Crippen LogP contribution in [-0.4, -0.2) is 29.6 Å². The van der Waals surface area contributed by atoms with Crippen LogP contribution in [0.15, 0.2) is 35.3 Å². The topological polar surface area (TPSA) is 66.8 Å². The van der Waals surface area contributed by atoms with Gasteiger partial charge >= 0.3 is 7.12 Å². The molecule has 0 aliphatic heterocycles. The monoisotopic (exact) mass is 242 g/mol. The summed E-state index contributed by atoms with van der Waals surface area (Å²) in [6, 6.07) is 0. The van der Waals surface area contributed by atoms with Crippen LogP contribution < -0.4 is 0 Å². The molecule has 0 saturated heterocycles. The normalized spacial score (nSPS) is 12.9. The van der Waals surface area contributed by atoms with Crippen LogP contribution in [0, 0.1) is 0 Å². The number of allylic oxidation sites excluding steroid dienone is 4. The van der Waals surface area contributed by atoms with Gasteiger partial charge in [0.2, 0.25) is 0 Å². The average molecular weight is 242 g/mol. The van der Waals surface area contributed by atoms with Gasteiger partial charge in [0.05, 0.1) is 6.61 Å². The Morgan fingerprint density at radius 2 is 2.00 bits per heavy atom. The Morgan fingerprint density at radius 3 is 2.29 bits per heavy atom. The minimum absolute atomic E-state index is 0.111. The van der Waals surface area contributed by atoms with Crippen molar-refractivity contribution >= 4 is 12.9 Å². The van der Waals surface area contributed by atoms with E-state index in [1.165, 1.54) is 13.8 Å². The predicted molar refractivity (Wildman–Crippen MR) is 63.5 cm³/mol. The number of ketones is 1. The van der Waals surface area contributed by atoms with E-state index in [4.69, 9.17) is 14.8 Å². The van der Waals surface area contributed by atoms with Crippen LogP contribution in [0.3, 0.4) is 0 Å². The molecule has 0 radical (unpaired) electrons. The van der Waals surface area contributed by atoms with E-state index < -0.39 is 12.9 Å². The average Bonchev–Trinajstić information content (AvgIpc) is 2.22. The molecule has 0 aromatic rings. The maximum atomic E-state index is 13.0. The van der Waals surface area contributed by atoms with Crippen molar-refractivity contribution in [3.8, 4) is 0 Å². The number of carbonyl (C=O) groups is 1. The zero-order valence-corrected chi connectivity index (χ0v) is 10.2. The van der Waals surface area contributed by atoms with Gasteiger partial charge in [-0.25, -0.2) is 4.39 Å². The molecule has 94 valence electrons. The molecule has 0 aliphatic rings. The summed E-state index contributed by atoms with van der Waals surface area (Å²) in [5.74, 6) is -1.41. The summed E-state index contributed by atoms with van der Waals surface area (Å²) in [5.41, 5.74) is 0.0122. The number of Topliss-reactive ketones (excluding diaryl/α,β-unsaturated/α-hetero) is 1. The molecule has 2 N–H and O–H groups in total. The number of ether oxygens (including phenoxy) is 1. The highest BCUT2D eigenvalue weighted by molar-refractivity contribution is 6.52. The van der Waals surface area contributed by atoms with Gasteiger partial charge < -0.3 is 14.8 Å².